The van der Waals surface area contributed by atoms with Gasteiger partial charge in [-0.3, -0.25) is 9.97 Å². The second-order valence-corrected chi connectivity index (χ2v) is 8.25. The molecule has 1 fully saturated rings. The van der Waals surface area contributed by atoms with E-state index in [0.29, 0.717) is 12.1 Å². The smallest absolute Gasteiger partial charge is 0.0705 e. The molecule has 0 bridgehead atoms. The van der Waals surface area contributed by atoms with E-state index in [1.54, 1.807) is 0 Å². The van der Waals surface area contributed by atoms with E-state index in [4.69, 9.17) is 9.97 Å². The fraction of sp³-hybridized carbons (Fsp3) is 0.308. The molecule has 2 atom stereocenters. The molecular formula is C26H28N4. The lowest BCUT2D eigenvalue weighted by Crippen LogP contribution is -2.49. The number of para-hydroxylation sites is 2. The lowest BCUT2D eigenvalue weighted by Gasteiger charge is -2.33. The highest BCUT2D eigenvalue weighted by atomic mass is 15.0. The Morgan fingerprint density at radius 3 is 1.57 bits per heavy atom. The Hall–Kier alpha value is -2.82. The molecule has 4 aromatic rings. The third kappa shape index (κ3) is 4.35. The van der Waals surface area contributed by atoms with Crippen molar-refractivity contribution in [1.29, 1.82) is 0 Å². The molecule has 2 aromatic heterocycles. The van der Waals surface area contributed by atoms with Gasteiger partial charge in [0.15, 0.2) is 0 Å². The number of pyridine rings is 2. The van der Waals surface area contributed by atoms with Gasteiger partial charge in [-0.05, 0) is 37.1 Å². The van der Waals surface area contributed by atoms with Gasteiger partial charge < -0.3 is 10.6 Å². The van der Waals surface area contributed by atoms with Crippen LogP contribution in [0, 0.1) is 0 Å². The summed E-state index contributed by atoms with van der Waals surface area (Å²) < 4.78 is 0. The van der Waals surface area contributed by atoms with E-state index in [1.165, 1.54) is 36.5 Å². The molecule has 4 nitrogen and oxygen atoms in total. The topological polar surface area (TPSA) is 49.8 Å². The summed E-state index contributed by atoms with van der Waals surface area (Å²) in [5.74, 6) is 0. The minimum atomic E-state index is 0.465. The molecule has 5 rings (SSSR count). The van der Waals surface area contributed by atoms with Gasteiger partial charge in [0.05, 0.1) is 22.4 Å². The summed E-state index contributed by atoms with van der Waals surface area (Å²) in [6.07, 6.45) is 4.98. The molecule has 2 aromatic carbocycles. The first kappa shape index (κ1) is 19.2. The van der Waals surface area contributed by atoms with Gasteiger partial charge in [0, 0.05) is 35.9 Å². The van der Waals surface area contributed by atoms with Crippen LogP contribution in [-0.2, 0) is 13.1 Å². The van der Waals surface area contributed by atoms with Crippen molar-refractivity contribution in [3.63, 3.8) is 0 Å². The minimum Gasteiger partial charge on any atom is -0.307 e. The minimum absolute atomic E-state index is 0.465. The van der Waals surface area contributed by atoms with Crippen LogP contribution < -0.4 is 10.6 Å². The van der Waals surface area contributed by atoms with Gasteiger partial charge in [-0.2, -0.15) is 0 Å². The van der Waals surface area contributed by atoms with Crippen LogP contribution in [0.1, 0.15) is 37.1 Å². The van der Waals surface area contributed by atoms with Crippen LogP contribution in [0.25, 0.3) is 21.8 Å². The maximum Gasteiger partial charge on any atom is 0.0705 e. The van der Waals surface area contributed by atoms with Crippen molar-refractivity contribution < 1.29 is 0 Å². The Kier molecular flexibility index (Phi) is 5.69. The van der Waals surface area contributed by atoms with E-state index in [1.807, 2.05) is 0 Å². The maximum atomic E-state index is 4.81. The molecule has 0 aliphatic heterocycles. The average molecular weight is 397 g/mol. The summed E-state index contributed by atoms with van der Waals surface area (Å²) in [5.41, 5.74) is 4.35. The van der Waals surface area contributed by atoms with Gasteiger partial charge in [0.1, 0.15) is 0 Å². The van der Waals surface area contributed by atoms with Gasteiger partial charge in [-0.1, -0.05) is 61.4 Å². The van der Waals surface area contributed by atoms with Gasteiger partial charge in [-0.25, -0.2) is 0 Å². The maximum absolute atomic E-state index is 4.81. The lowest BCUT2D eigenvalue weighted by atomic mass is 9.90. The second-order valence-electron chi connectivity index (χ2n) is 8.25. The molecule has 0 saturated heterocycles. The zero-order chi connectivity index (χ0) is 20.2. The van der Waals surface area contributed by atoms with Gasteiger partial charge in [0.25, 0.3) is 0 Å². The zero-order valence-electron chi connectivity index (χ0n) is 17.2. The predicted molar refractivity (Wildman–Crippen MR) is 123 cm³/mol. The molecular weight excluding hydrogens is 368 g/mol. The van der Waals surface area contributed by atoms with Crippen LogP contribution in [0.15, 0.2) is 72.8 Å². The average Bonchev–Trinajstić information content (AvgIpc) is 2.81. The molecule has 4 heteroatoms. The van der Waals surface area contributed by atoms with Crippen LogP contribution in [-0.4, -0.2) is 22.1 Å². The van der Waals surface area contributed by atoms with Crippen molar-refractivity contribution >= 4 is 21.8 Å². The van der Waals surface area contributed by atoms with Crippen molar-refractivity contribution in [1.82, 2.24) is 20.6 Å². The molecule has 152 valence electrons. The number of aromatic nitrogens is 2. The molecule has 2 N–H and O–H groups in total. The number of hydrogen-bond donors (Lipinski definition) is 2. The van der Waals surface area contributed by atoms with E-state index >= 15 is 0 Å². The zero-order valence-corrected chi connectivity index (χ0v) is 17.2. The first-order valence-electron chi connectivity index (χ1n) is 11.0. The lowest BCUT2D eigenvalue weighted by molar-refractivity contribution is 0.280. The largest absolute Gasteiger partial charge is 0.307 e. The van der Waals surface area contributed by atoms with Crippen LogP contribution in [0.2, 0.25) is 0 Å². The second kappa shape index (κ2) is 8.90. The predicted octanol–water partition coefficient (Wildman–Crippen LogP) is 4.97. The highest BCUT2D eigenvalue weighted by molar-refractivity contribution is 5.79. The molecule has 0 amide bonds. The van der Waals surface area contributed by atoms with Crippen LogP contribution in [0.3, 0.4) is 0 Å². The third-order valence-electron chi connectivity index (χ3n) is 6.17. The highest BCUT2D eigenvalue weighted by Crippen LogP contribution is 2.20. The van der Waals surface area contributed by atoms with Crippen molar-refractivity contribution in [3.05, 3.63) is 84.2 Å². The molecule has 30 heavy (non-hydrogen) atoms. The normalized spacial score (nSPS) is 19.3. The van der Waals surface area contributed by atoms with E-state index < -0.39 is 0 Å². The Morgan fingerprint density at radius 1 is 0.600 bits per heavy atom. The molecule has 1 aliphatic rings. The van der Waals surface area contributed by atoms with E-state index in [9.17, 15) is 0 Å². The van der Waals surface area contributed by atoms with Crippen molar-refractivity contribution in [2.24, 2.45) is 0 Å². The quantitative estimate of drug-likeness (QED) is 0.483. The molecule has 0 radical (unpaired) electrons. The Morgan fingerprint density at radius 2 is 1.07 bits per heavy atom. The summed E-state index contributed by atoms with van der Waals surface area (Å²) in [4.78, 5) is 9.63. The van der Waals surface area contributed by atoms with Gasteiger partial charge in [-0.15, -0.1) is 0 Å². The number of nitrogens with one attached hydrogen (secondary N) is 2. The highest BCUT2D eigenvalue weighted by Gasteiger charge is 2.24. The van der Waals surface area contributed by atoms with Crippen LogP contribution in [0.4, 0.5) is 0 Å². The monoisotopic (exact) mass is 396 g/mol. The fourth-order valence-corrected chi connectivity index (χ4v) is 4.50. The number of hydrogen-bond acceptors (Lipinski definition) is 4. The SMILES string of the molecule is c1ccc2nc(CN[C@H]3CCCC[C@H]3NCc3ccc4ccccc4n3)ccc2c1. The van der Waals surface area contributed by atoms with E-state index in [-0.39, 0.29) is 0 Å². The first-order chi connectivity index (χ1) is 14.8. The molecule has 0 unspecified atom stereocenters. The third-order valence-corrected chi connectivity index (χ3v) is 6.17. The summed E-state index contributed by atoms with van der Waals surface area (Å²) in [6.45, 7) is 1.61. The molecule has 0 spiro atoms. The van der Waals surface area contributed by atoms with E-state index in [2.05, 4.69) is 83.4 Å². The van der Waals surface area contributed by atoms with Crippen molar-refractivity contribution in [2.45, 2.75) is 50.9 Å². The summed E-state index contributed by atoms with van der Waals surface area (Å²) in [5, 5.41) is 9.94. The number of fused-ring (bicyclic) bond motifs is 2. The number of rotatable bonds is 6. The van der Waals surface area contributed by atoms with Gasteiger partial charge >= 0.3 is 0 Å². The molecule has 1 aliphatic carbocycles. The van der Waals surface area contributed by atoms with Crippen LogP contribution >= 0.6 is 0 Å². The van der Waals surface area contributed by atoms with Gasteiger partial charge in [0.2, 0.25) is 0 Å². The number of benzene rings is 2. The Balaban J connectivity index is 1.22. The molecule has 2 heterocycles. The number of nitrogens with zero attached hydrogens (tertiary/aromatic N) is 2. The van der Waals surface area contributed by atoms with Crippen LogP contribution in [0.5, 0.6) is 0 Å². The van der Waals surface area contributed by atoms with Crippen molar-refractivity contribution in [3.8, 4) is 0 Å². The molecule has 1 saturated carbocycles. The summed E-state index contributed by atoms with van der Waals surface area (Å²) in [6, 6.07) is 26.2. The fourth-order valence-electron chi connectivity index (χ4n) is 4.50. The van der Waals surface area contributed by atoms with E-state index in [0.717, 1.165) is 35.5 Å². The van der Waals surface area contributed by atoms with Crippen molar-refractivity contribution in [2.75, 3.05) is 0 Å². The Labute approximate surface area is 177 Å². The standard InChI is InChI=1S/C26H28N4/c1-3-9-23-19(7-1)13-15-21(29-23)17-27-25-11-5-6-12-26(25)28-18-22-16-14-20-8-2-4-10-24(20)30-22/h1-4,7-10,13-16,25-28H,5-6,11-12,17-18H2/t25-,26+. The first-order valence-corrected chi connectivity index (χ1v) is 11.0. The Bertz CT molecular complexity index is 1050. The summed E-state index contributed by atoms with van der Waals surface area (Å²) >= 11 is 0. The summed E-state index contributed by atoms with van der Waals surface area (Å²) in [7, 11) is 0.